The van der Waals surface area contributed by atoms with Crippen LogP contribution in [0.25, 0.3) is 11.1 Å². The summed E-state index contributed by atoms with van der Waals surface area (Å²) in [4.78, 5) is 13.1. The summed E-state index contributed by atoms with van der Waals surface area (Å²) in [5.74, 6) is 0. The van der Waals surface area contributed by atoms with E-state index in [1.165, 1.54) is 31.0 Å². The van der Waals surface area contributed by atoms with Gasteiger partial charge in [0, 0.05) is 15.8 Å². The van der Waals surface area contributed by atoms with Crippen LogP contribution in [0.4, 0.5) is 11.4 Å². The molecule has 52 heavy (non-hydrogen) atoms. The van der Waals surface area contributed by atoms with Crippen molar-refractivity contribution < 1.29 is 0 Å². The van der Waals surface area contributed by atoms with Crippen molar-refractivity contribution in [1.82, 2.24) is 0 Å². The van der Waals surface area contributed by atoms with Crippen molar-refractivity contribution in [3.8, 4) is 11.1 Å². The molecule has 6 aromatic carbocycles. The molecule has 0 unspecified atom stereocenters. The summed E-state index contributed by atoms with van der Waals surface area (Å²) in [6.45, 7) is 0. The highest BCUT2D eigenvalue weighted by Crippen LogP contribution is 2.43. The molecule has 0 aliphatic rings. The number of rotatable bonds is 11. The van der Waals surface area contributed by atoms with Gasteiger partial charge >= 0.3 is 0 Å². The molecule has 6 heteroatoms. The van der Waals surface area contributed by atoms with E-state index in [1.54, 1.807) is 22.7 Å². The third-order valence-corrected chi connectivity index (χ3v) is 15.3. The first-order valence-corrected chi connectivity index (χ1v) is 21.5. The van der Waals surface area contributed by atoms with Crippen LogP contribution < -0.4 is 21.2 Å². The zero-order valence-electron chi connectivity index (χ0n) is 28.2. The minimum Gasteiger partial charge on any atom is -0.247 e. The highest BCUT2D eigenvalue weighted by atomic mass is 32.1. The molecule has 2 heterocycles. The number of hydrogen-bond donors (Lipinski definition) is 0. The van der Waals surface area contributed by atoms with Gasteiger partial charge in [-0.05, 0) is 79.5 Å². The minimum atomic E-state index is -0.850. The van der Waals surface area contributed by atoms with Crippen molar-refractivity contribution in [2.24, 2.45) is 9.98 Å². The number of aliphatic imine (C=N–C) groups is 2. The predicted octanol–water partition coefficient (Wildman–Crippen LogP) is 11.9. The largest absolute Gasteiger partial charge is 0.247 e. The molecule has 0 saturated carbocycles. The molecule has 0 fully saturated rings. The van der Waals surface area contributed by atoms with Gasteiger partial charge in [-0.15, -0.1) is 22.7 Å². The van der Waals surface area contributed by atoms with E-state index in [4.69, 9.17) is 9.98 Å². The minimum absolute atomic E-state index is 0.850. The van der Waals surface area contributed by atoms with Crippen LogP contribution in [0.2, 0.25) is 0 Å². The molecule has 0 aliphatic carbocycles. The zero-order valence-corrected chi connectivity index (χ0v) is 31.7. The molecule has 0 N–H and O–H groups in total. The first kappa shape index (κ1) is 34.0. The summed E-state index contributed by atoms with van der Waals surface area (Å²) in [5.41, 5.74) is 6.42. The Bertz CT molecular complexity index is 2110. The average molecular weight is 741 g/mol. The van der Waals surface area contributed by atoms with Gasteiger partial charge in [0.1, 0.15) is 0 Å². The van der Waals surface area contributed by atoms with Gasteiger partial charge in [-0.25, -0.2) is 9.98 Å². The van der Waals surface area contributed by atoms with Gasteiger partial charge in [0.15, 0.2) is 0 Å². The first-order chi connectivity index (χ1) is 25.8. The van der Waals surface area contributed by atoms with Crippen molar-refractivity contribution >= 4 is 82.0 Å². The lowest BCUT2D eigenvalue weighted by molar-refractivity contribution is 1.50. The Morgan fingerprint density at radius 1 is 0.327 bits per heavy atom. The van der Waals surface area contributed by atoms with Crippen LogP contribution in [-0.4, -0.2) is 10.9 Å². The van der Waals surface area contributed by atoms with E-state index in [2.05, 4.69) is 205 Å². The van der Waals surface area contributed by atoms with E-state index in [9.17, 15) is 0 Å². The van der Waals surface area contributed by atoms with E-state index in [0.717, 1.165) is 33.4 Å². The third kappa shape index (κ3) is 7.87. The smallest absolute Gasteiger partial charge is 0.0899 e. The van der Waals surface area contributed by atoms with Gasteiger partial charge in [-0.2, -0.15) is 0 Å². The molecule has 0 amide bonds. The molecular weight excluding hydrogens is 707 g/mol. The first-order valence-electron chi connectivity index (χ1n) is 17.1. The van der Waals surface area contributed by atoms with Crippen LogP contribution in [0.5, 0.6) is 0 Å². The lowest BCUT2D eigenvalue weighted by Gasteiger charge is -2.20. The number of hydrogen-bond acceptors (Lipinski definition) is 4. The second-order valence-electron chi connectivity index (χ2n) is 11.9. The van der Waals surface area contributed by atoms with E-state index in [-0.39, 0.29) is 0 Å². The lowest BCUT2D eigenvalue weighted by Crippen LogP contribution is -2.18. The maximum atomic E-state index is 5.37. The summed E-state index contributed by atoms with van der Waals surface area (Å²) >= 11 is 3.50. The Morgan fingerprint density at radius 2 is 0.635 bits per heavy atom. The highest BCUT2D eigenvalue weighted by molar-refractivity contribution is 7.89. The van der Waals surface area contributed by atoms with E-state index < -0.39 is 15.8 Å². The Labute approximate surface area is 316 Å². The molecule has 250 valence electrons. The quantitative estimate of drug-likeness (QED) is 0.0932. The average Bonchev–Trinajstić information content (AvgIpc) is 3.96. The standard InChI is InChI=1S/C46H34N2P2S2/c1-5-15-39(16-6-1)49(40-17-7-2-8-18-40)45(43-23-13-33-51-43)47-37-29-25-35(26-30-37)36-27-31-38(32-28-36)48-46(44-24-14-34-52-44)50(41-19-9-3-10-20-41)42-21-11-4-12-22-42/h1-34H. The second kappa shape index (κ2) is 16.5. The molecule has 0 bridgehead atoms. The van der Waals surface area contributed by atoms with Crippen LogP contribution in [-0.2, 0) is 0 Å². The molecule has 2 aromatic heterocycles. The van der Waals surface area contributed by atoms with Crippen molar-refractivity contribution in [2.45, 2.75) is 0 Å². The van der Waals surface area contributed by atoms with Crippen LogP contribution in [0, 0.1) is 0 Å². The molecule has 0 atom stereocenters. The van der Waals surface area contributed by atoms with Crippen LogP contribution in [0.15, 0.2) is 215 Å². The van der Waals surface area contributed by atoms with Gasteiger partial charge in [-0.3, -0.25) is 0 Å². The van der Waals surface area contributed by atoms with Crippen LogP contribution in [0.1, 0.15) is 9.75 Å². The fourth-order valence-corrected chi connectivity index (χ4v) is 12.6. The maximum Gasteiger partial charge on any atom is 0.0899 e. The summed E-state index contributed by atoms with van der Waals surface area (Å²) < 4.78 is 0. The highest BCUT2D eigenvalue weighted by Gasteiger charge is 2.24. The fraction of sp³-hybridized carbons (Fsp3) is 0. The van der Waals surface area contributed by atoms with Crippen molar-refractivity contribution in [3.63, 3.8) is 0 Å². The molecule has 2 nitrogen and oxygen atoms in total. The number of nitrogens with zero attached hydrogens (tertiary/aromatic N) is 2. The van der Waals surface area contributed by atoms with Crippen molar-refractivity contribution in [1.29, 1.82) is 0 Å². The fourth-order valence-electron chi connectivity index (χ4n) is 6.04. The molecule has 0 aliphatic heterocycles. The maximum absolute atomic E-state index is 5.37. The summed E-state index contributed by atoms with van der Waals surface area (Å²) in [7, 11) is -1.70. The lowest BCUT2D eigenvalue weighted by atomic mass is 10.1. The van der Waals surface area contributed by atoms with Gasteiger partial charge in [0.25, 0.3) is 0 Å². The monoisotopic (exact) mass is 740 g/mol. The van der Waals surface area contributed by atoms with E-state index >= 15 is 0 Å². The Hall–Kier alpha value is -5.08. The molecule has 8 aromatic rings. The van der Waals surface area contributed by atoms with Gasteiger partial charge in [0.2, 0.25) is 0 Å². The second-order valence-corrected chi connectivity index (χ2v) is 18.1. The molecule has 0 saturated heterocycles. The van der Waals surface area contributed by atoms with Gasteiger partial charge in [0.05, 0.1) is 32.0 Å². The van der Waals surface area contributed by atoms with Crippen molar-refractivity contribution in [3.05, 3.63) is 215 Å². The predicted molar refractivity (Wildman–Crippen MR) is 231 cm³/mol. The Balaban J connectivity index is 1.12. The normalized spacial score (nSPS) is 12.0. The molecule has 0 spiro atoms. The molecular formula is C46H34N2P2S2. The SMILES string of the molecule is c1ccc(P(C(=Nc2ccc(-c3ccc(N=C(c4cccs4)P(c4ccccc4)c4ccccc4)cc3)cc2)c2cccs2)c2ccccc2)cc1. The summed E-state index contributed by atoms with van der Waals surface area (Å²) in [6, 6.07) is 69.0. The van der Waals surface area contributed by atoms with Gasteiger partial charge < -0.3 is 0 Å². The third-order valence-electron chi connectivity index (χ3n) is 8.50. The van der Waals surface area contributed by atoms with E-state index in [1.807, 2.05) is 0 Å². The van der Waals surface area contributed by atoms with Crippen LogP contribution in [0.3, 0.4) is 0 Å². The van der Waals surface area contributed by atoms with Gasteiger partial charge in [-0.1, -0.05) is 158 Å². The van der Waals surface area contributed by atoms with Crippen LogP contribution >= 0.6 is 38.5 Å². The number of benzene rings is 6. The summed E-state index contributed by atoms with van der Waals surface area (Å²) in [5, 5.41) is 9.43. The topological polar surface area (TPSA) is 24.7 Å². The number of thiophene rings is 2. The Morgan fingerprint density at radius 3 is 0.904 bits per heavy atom. The van der Waals surface area contributed by atoms with Crippen molar-refractivity contribution in [2.75, 3.05) is 0 Å². The molecule has 8 rings (SSSR count). The summed E-state index contributed by atoms with van der Waals surface area (Å²) in [6.07, 6.45) is 0. The van der Waals surface area contributed by atoms with E-state index in [0.29, 0.717) is 0 Å². The Kier molecular flexibility index (Phi) is 10.8. The molecule has 0 radical (unpaired) electrons. The zero-order chi connectivity index (χ0) is 35.0.